The normalized spacial score (nSPS) is 14.9. The molecule has 1 N–H and O–H groups in total. The highest BCUT2D eigenvalue weighted by molar-refractivity contribution is 5.81. The van der Waals surface area contributed by atoms with E-state index in [2.05, 4.69) is 15.3 Å². The molecule has 3 heterocycles. The van der Waals surface area contributed by atoms with Crippen molar-refractivity contribution in [2.24, 2.45) is 5.92 Å². The molecular formula is C21H27N5O3. The van der Waals surface area contributed by atoms with Crippen molar-refractivity contribution in [2.75, 3.05) is 39.3 Å². The molecule has 0 spiro atoms. The number of hydrogen-bond acceptors (Lipinski definition) is 7. The summed E-state index contributed by atoms with van der Waals surface area (Å²) >= 11 is 0. The summed E-state index contributed by atoms with van der Waals surface area (Å²) in [6.45, 7) is 6.39. The number of ether oxygens (including phenoxy) is 3. The maximum Gasteiger partial charge on any atom is 0.227 e. The first-order valence-corrected chi connectivity index (χ1v) is 9.88. The maximum absolute atomic E-state index is 5.47. The van der Waals surface area contributed by atoms with Crippen LogP contribution < -0.4 is 14.8 Å². The molecule has 4 rings (SSSR count). The highest BCUT2D eigenvalue weighted by atomic mass is 16.5. The molecule has 0 radical (unpaired) electrons. The summed E-state index contributed by atoms with van der Waals surface area (Å²) in [6.07, 6.45) is 2.13. The Morgan fingerprint density at radius 2 is 1.86 bits per heavy atom. The van der Waals surface area contributed by atoms with Gasteiger partial charge in [-0.2, -0.15) is 14.6 Å². The van der Waals surface area contributed by atoms with Crippen LogP contribution in [0.1, 0.15) is 24.4 Å². The molecule has 0 bridgehead atoms. The highest BCUT2D eigenvalue weighted by Gasteiger charge is 2.20. The zero-order valence-electron chi connectivity index (χ0n) is 17.4. The Balaban J connectivity index is 1.72. The Kier molecular flexibility index (Phi) is 5.53. The molecule has 1 aliphatic heterocycles. The Morgan fingerprint density at radius 1 is 1.10 bits per heavy atom. The number of nitrogens with zero attached hydrogens (tertiary/aromatic N) is 4. The van der Waals surface area contributed by atoms with Gasteiger partial charge in [-0.15, -0.1) is 0 Å². The average Bonchev–Trinajstić information content (AvgIpc) is 3.07. The van der Waals surface area contributed by atoms with Gasteiger partial charge in [-0.3, -0.25) is 0 Å². The van der Waals surface area contributed by atoms with Crippen molar-refractivity contribution in [1.29, 1.82) is 0 Å². The van der Waals surface area contributed by atoms with Crippen LogP contribution in [0.2, 0.25) is 0 Å². The standard InChI is InChI=1S/C21H27N5O3/c1-13-19(16-5-6-17(27-3)18(11-16)28-4)20-23-14(2)24-21(26(20)25-13)22-12-15-7-9-29-10-8-15/h5-6,11,15H,7-10,12H2,1-4H3,(H,22,23,24). The molecule has 0 atom stereocenters. The van der Waals surface area contributed by atoms with Crippen LogP contribution in [-0.4, -0.2) is 53.6 Å². The maximum atomic E-state index is 5.47. The minimum Gasteiger partial charge on any atom is -0.493 e. The molecule has 0 aliphatic carbocycles. The zero-order chi connectivity index (χ0) is 20.4. The Hall–Kier alpha value is -2.87. The highest BCUT2D eigenvalue weighted by Crippen LogP contribution is 2.35. The van der Waals surface area contributed by atoms with Crippen molar-refractivity contribution in [2.45, 2.75) is 26.7 Å². The molecule has 0 unspecified atom stereocenters. The number of aromatic nitrogens is 4. The van der Waals surface area contributed by atoms with Crippen LogP contribution in [0.4, 0.5) is 5.95 Å². The van der Waals surface area contributed by atoms with Gasteiger partial charge in [0.2, 0.25) is 5.95 Å². The summed E-state index contributed by atoms with van der Waals surface area (Å²) in [5.74, 6) is 3.36. The van der Waals surface area contributed by atoms with Gasteiger partial charge in [-0.25, -0.2) is 4.98 Å². The van der Waals surface area contributed by atoms with E-state index >= 15 is 0 Å². The predicted octanol–water partition coefficient (Wildman–Crippen LogP) is 3.26. The van der Waals surface area contributed by atoms with Crippen molar-refractivity contribution in [3.8, 4) is 22.6 Å². The van der Waals surface area contributed by atoms with Gasteiger partial charge in [0.1, 0.15) is 5.82 Å². The average molecular weight is 397 g/mol. The second-order valence-corrected chi connectivity index (χ2v) is 7.30. The number of nitrogens with one attached hydrogen (secondary N) is 1. The monoisotopic (exact) mass is 397 g/mol. The van der Waals surface area contributed by atoms with Gasteiger partial charge in [0.05, 0.1) is 19.9 Å². The van der Waals surface area contributed by atoms with E-state index in [1.54, 1.807) is 18.7 Å². The molecule has 0 amide bonds. The van der Waals surface area contributed by atoms with Gasteiger partial charge in [-0.1, -0.05) is 6.07 Å². The number of fused-ring (bicyclic) bond motifs is 1. The lowest BCUT2D eigenvalue weighted by Gasteiger charge is -2.22. The predicted molar refractivity (Wildman–Crippen MR) is 111 cm³/mol. The first-order valence-electron chi connectivity index (χ1n) is 9.88. The molecular weight excluding hydrogens is 370 g/mol. The minimum absolute atomic E-state index is 0.580. The molecule has 2 aromatic heterocycles. The number of hydrogen-bond donors (Lipinski definition) is 1. The van der Waals surface area contributed by atoms with Gasteiger partial charge in [-0.05, 0) is 50.3 Å². The van der Waals surface area contributed by atoms with Crippen molar-refractivity contribution >= 4 is 11.6 Å². The van der Waals surface area contributed by atoms with E-state index in [0.29, 0.717) is 29.2 Å². The smallest absolute Gasteiger partial charge is 0.227 e. The van der Waals surface area contributed by atoms with Crippen LogP contribution in [-0.2, 0) is 4.74 Å². The number of anilines is 1. The summed E-state index contributed by atoms with van der Waals surface area (Å²) in [4.78, 5) is 9.28. The van der Waals surface area contributed by atoms with E-state index in [4.69, 9.17) is 19.3 Å². The summed E-state index contributed by atoms with van der Waals surface area (Å²) in [5, 5.41) is 8.20. The van der Waals surface area contributed by atoms with Crippen LogP contribution in [0.5, 0.6) is 11.5 Å². The van der Waals surface area contributed by atoms with E-state index in [1.807, 2.05) is 32.0 Å². The Bertz CT molecular complexity index is 1010. The molecule has 29 heavy (non-hydrogen) atoms. The number of benzene rings is 1. The summed E-state index contributed by atoms with van der Waals surface area (Å²) < 4.78 is 18.1. The first kappa shape index (κ1) is 19.4. The van der Waals surface area contributed by atoms with Crippen molar-refractivity contribution in [3.63, 3.8) is 0 Å². The third kappa shape index (κ3) is 3.85. The fourth-order valence-electron chi connectivity index (χ4n) is 3.78. The van der Waals surface area contributed by atoms with E-state index < -0.39 is 0 Å². The lowest BCUT2D eigenvalue weighted by Crippen LogP contribution is -2.24. The van der Waals surface area contributed by atoms with Gasteiger partial charge >= 0.3 is 0 Å². The van der Waals surface area contributed by atoms with Crippen molar-refractivity contribution < 1.29 is 14.2 Å². The third-order valence-electron chi connectivity index (χ3n) is 5.33. The second kappa shape index (κ2) is 8.24. The van der Waals surface area contributed by atoms with E-state index in [0.717, 1.165) is 55.1 Å². The van der Waals surface area contributed by atoms with Crippen molar-refractivity contribution in [1.82, 2.24) is 19.6 Å². The topological polar surface area (TPSA) is 82.8 Å². The molecule has 154 valence electrons. The number of aryl methyl sites for hydroxylation is 2. The van der Waals surface area contributed by atoms with Crippen LogP contribution in [0.25, 0.3) is 16.8 Å². The number of rotatable bonds is 6. The first-order chi connectivity index (χ1) is 14.1. The molecule has 8 heteroatoms. The van der Waals surface area contributed by atoms with Crippen LogP contribution in [0.15, 0.2) is 18.2 Å². The fraction of sp³-hybridized carbons (Fsp3) is 0.476. The molecule has 3 aromatic rings. The number of methoxy groups -OCH3 is 2. The van der Waals surface area contributed by atoms with Crippen molar-refractivity contribution in [3.05, 3.63) is 29.7 Å². The molecule has 1 aromatic carbocycles. The molecule has 1 fully saturated rings. The lowest BCUT2D eigenvalue weighted by molar-refractivity contribution is 0.0699. The summed E-state index contributed by atoms with van der Waals surface area (Å²) in [7, 11) is 3.26. The quantitative estimate of drug-likeness (QED) is 0.683. The molecule has 0 saturated carbocycles. The van der Waals surface area contributed by atoms with Gasteiger partial charge in [0.25, 0.3) is 0 Å². The van der Waals surface area contributed by atoms with Crippen LogP contribution >= 0.6 is 0 Å². The van der Waals surface area contributed by atoms with Gasteiger partial charge in [0.15, 0.2) is 17.1 Å². The van der Waals surface area contributed by atoms with E-state index in [9.17, 15) is 0 Å². The van der Waals surface area contributed by atoms with Gasteiger partial charge < -0.3 is 19.5 Å². The minimum atomic E-state index is 0.580. The van der Waals surface area contributed by atoms with Crippen LogP contribution in [0, 0.1) is 19.8 Å². The largest absolute Gasteiger partial charge is 0.493 e. The fourth-order valence-corrected chi connectivity index (χ4v) is 3.78. The summed E-state index contributed by atoms with van der Waals surface area (Å²) in [6, 6.07) is 5.85. The molecule has 1 aliphatic rings. The van der Waals surface area contributed by atoms with Gasteiger partial charge in [0, 0.05) is 25.3 Å². The Labute approximate surface area is 170 Å². The SMILES string of the molecule is COc1ccc(-c2c(C)nn3c(NCC4CCOCC4)nc(C)nc23)cc1OC. The van der Waals surface area contributed by atoms with E-state index in [-0.39, 0.29) is 0 Å². The summed E-state index contributed by atoms with van der Waals surface area (Å²) in [5.41, 5.74) is 3.59. The zero-order valence-corrected chi connectivity index (χ0v) is 17.4. The molecule has 1 saturated heterocycles. The Morgan fingerprint density at radius 3 is 2.59 bits per heavy atom. The van der Waals surface area contributed by atoms with E-state index in [1.165, 1.54) is 0 Å². The lowest BCUT2D eigenvalue weighted by atomic mass is 10.0. The third-order valence-corrected chi connectivity index (χ3v) is 5.33. The molecule has 8 nitrogen and oxygen atoms in total. The second-order valence-electron chi connectivity index (χ2n) is 7.30. The van der Waals surface area contributed by atoms with Crippen LogP contribution in [0.3, 0.4) is 0 Å².